The monoisotopic (exact) mass is 435 g/mol. The van der Waals surface area contributed by atoms with E-state index in [1.807, 2.05) is 24.3 Å². The third-order valence-electron chi connectivity index (χ3n) is 5.81. The van der Waals surface area contributed by atoms with E-state index < -0.39 is 0 Å². The first-order chi connectivity index (χ1) is 15.5. The molecule has 2 heterocycles. The number of nitrogens with two attached hydrogens (primary N) is 1. The Morgan fingerprint density at radius 3 is 2.53 bits per heavy atom. The third kappa shape index (κ3) is 5.39. The number of nitrogens with zero attached hydrogens (tertiary/aromatic N) is 3. The van der Waals surface area contributed by atoms with Gasteiger partial charge < -0.3 is 16.0 Å². The fraction of sp³-hybridized carbons (Fsp3) is 0.292. The number of aromatic nitrogens is 2. The molecule has 0 radical (unpaired) electrons. The van der Waals surface area contributed by atoms with Crippen LogP contribution >= 0.6 is 0 Å². The van der Waals surface area contributed by atoms with Crippen LogP contribution in [0.15, 0.2) is 60.8 Å². The molecule has 1 aromatic heterocycles. The van der Waals surface area contributed by atoms with Gasteiger partial charge in [-0.15, -0.1) is 0 Å². The molecule has 0 atom stereocenters. The minimum Gasteiger partial charge on any atom is -0.369 e. The number of primary amides is 1. The Bertz CT molecular complexity index is 1090. The van der Waals surface area contributed by atoms with Crippen LogP contribution < -0.4 is 11.1 Å². The second-order valence-corrected chi connectivity index (χ2v) is 8.04. The third-order valence-corrected chi connectivity index (χ3v) is 5.81. The van der Waals surface area contributed by atoms with Crippen molar-refractivity contribution in [3.05, 3.63) is 77.9 Å². The van der Waals surface area contributed by atoms with Crippen molar-refractivity contribution in [2.75, 3.05) is 25.0 Å². The molecule has 1 aliphatic rings. The highest BCUT2D eigenvalue weighted by atomic mass is 19.1. The summed E-state index contributed by atoms with van der Waals surface area (Å²) < 4.78 is 14.9. The molecule has 0 spiro atoms. The Hall–Kier alpha value is -3.52. The van der Waals surface area contributed by atoms with E-state index in [0.717, 1.165) is 38.9 Å². The normalized spacial score (nSPS) is 14.9. The second kappa shape index (κ2) is 9.74. The molecule has 166 valence electrons. The Balaban J connectivity index is 1.28. The molecule has 7 nitrogen and oxygen atoms in total. The fourth-order valence-corrected chi connectivity index (χ4v) is 3.89. The number of rotatable bonds is 7. The van der Waals surface area contributed by atoms with Crippen molar-refractivity contribution in [3.8, 4) is 5.69 Å². The van der Waals surface area contributed by atoms with Gasteiger partial charge in [0.25, 0.3) is 5.91 Å². The molecule has 32 heavy (non-hydrogen) atoms. The van der Waals surface area contributed by atoms with Gasteiger partial charge in [-0.2, -0.15) is 5.10 Å². The van der Waals surface area contributed by atoms with Crippen molar-refractivity contribution in [2.45, 2.75) is 19.3 Å². The quantitative estimate of drug-likeness (QED) is 0.597. The largest absolute Gasteiger partial charge is 0.369 e. The summed E-state index contributed by atoms with van der Waals surface area (Å²) >= 11 is 0. The van der Waals surface area contributed by atoms with E-state index in [1.165, 1.54) is 22.4 Å². The van der Waals surface area contributed by atoms with Gasteiger partial charge in [-0.3, -0.25) is 9.59 Å². The lowest BCUT2D eigenvalue weighted by Crippen LogP contribution is -2.39. The molecule has 0 bridgehead atoms. The number of hydrogen-bond acceptors (Lipinski definition) is 4. The number of piperidine rings is 1. The summed E-state index contributed by atoms with van der Waals surface area (Å²) in [5, 5.41) is 7.08. The van der Waals surface area contributed by atoms with Crippen molar-refractivity contribution in [2.24, 2.45) is 11.7 Å². The van der Waals surface area contributed by atoms with Crippen LogP contribution in [0.1, 0.15) is 28.9 Å². The van der Waals surface area contributed by atoms with Gasteiger partial charge in [0.2, 0.25) is 5.91 Å². The maximum absolute atomic E-state index is 13.4. The average molecular weight is 436 g/mol. The van der Waals surface area contributed by atoms with Gasteiger partial charge >= 0.3 is 0 Å². The highest BCUT2D eigenvalue weighted by Gasteiger charge is 2.22. The molecule has 3 N–H and O–H groups in total. The number of nitrogens with one attached hydrogen (secondary N) is 1. The molecule has 8 heteroatoms. The molecule has 2 aromatic carbocycles. The van der Waals surface area contributed by atoms with Crippen molar-refractivity contribution in [1.82, 2.24) is 14.7 Å². The van der Waals surface area contributed by atoms with Gasteiger partial charge in [0.15, 0.2) is 5.69 Å². The summed E-state index contributed by atoms with van der Waals surface area (Å²) in [7, 11) is 0. The molecule has 1 fully saturated rings. The van der Waals surface area contributed by atoms with Crippen LogP contribution in [-0.2, 0) is 11.2 Å². The predicted octanol–water partition coefficient (Wildman–Crippen LogP) is 3.00. The topological polar surface area (TPSA) is 93.3 Å². The van der Waals surface area contributed by atoms with Crippen molar-refractivity contribution >= 4 is 17.5 Å². The lowest BCUT2D eigenvalue weighted by atomic mass is 9.96. The summed E-state index contributed by atoms with van der Waals surface area (Å²) in [5.41, 5.74) is 8.04. The van der Waals surface area contributed by atoms with Crippen LogP contribution in [0.2, 0.25) is 0 Å². The van der Waals surface area contributed by atoms with Gasteiger partial charge in [-0.05, 0) is 74.3 Å². The molecule has 4 rings (SSSR count). The lowest BCUT2D eigenvalue weighted by molar-refractivity contribution is -0.123. The van der Waals surface area contributed by atoms with Crippen LogP contribution in [0.4, 0.5) is 10.1 Å². The van der Waals surface area contributed by atoms with Gasteiger partial charge in [-0.25, -0.2) is 9.07 Å². The smallest absolute Gasteiger partial charge is 0.276 e. The van der Waals surface area contributed by atoms with E-state index in [4.69, 9.17) is 5.73 Å². The lowest BCUT2D eigenvalue weighted by Gasteiger charge is -2.30. The Labute approximate surface area is 186 Å². The summed E-state index contributed by atoms with van der Waals surface area (Å²) in [6.07, 6.45) is 4.18. The maximum Gasteiger partial charge on any atom is 0.276 e. The summed E-state index contributed by atoms with van der Waals surface area (Å²) in [4.78, 5) is 26.1. The summed E-state index contributed by atoms with van der Waals surface area (Å²) in [6.45, 7) is 2.71. The predicted molar refractivity (Wildman–Crippen MR) is 120 cm³/mol. The molecular formula is C24H26FN5O2. The number of likely N-dealkylation sites (tertiary alicyclic amines) is 1. The first-order valence-electron chi connectivity index (χ1n) is 10.7. The van der Waals surface area contributed by atoms with Crippen LogP contribution in [0.25, 0.3) is 5.69 Å². The first-order valence-corrected chi connectivity index (χ1v) is 10.7. The standard InChI is InChI=1S/C24H26FN5O2/c25-19-2-1-3-21(16-19)30-15-11-22(28-30)24(32)27-20-6-4-17(5-7-20)8-12-29-13-9-18(10-14-29)23(26)31/h1-7,11,15-16,18H,8-10,12-14H2,(H2,26,31)(H,27,32). The van der Waals surface area contributed by atoms with Crippen molar-refractivity contribution in [3.63, 3.8) is 0 Å². The van der Waals surface area contributed by atoms with Crippen LogP contribution in [-0.4, -0.2) is 46.1 Å². The Morgan fingerprint density at radius 1 is 1.09 bits per heavy atom. The van der Waals surface area contributed by atoms with E-state index in [1.54, 1.807) is 24.4 Å². The zero-order valence-corrected chi connectivity index (χ0v) is 17.7. The van der Waals surface area contributed by atoms with Crippen molar-refractivity contribution in [1.29, 1.82) is 0 Å². The van der Waals surface area contributed by atoms with Gasteiger partial charge in [0.1, 0.15) is 5.82 Å². The molecule has 1 aliphatic heterocycles. The van der Waals surface area contributed by atoms with Gasteiger partial charge in [0.05, 0.1) is 5.69 Å². The first kappa shape index (κ1) is 21.7. The van der Waals surface area contributed by atoms with E-state index in [2.05, 4.69) is 15.3 Å². The number of halogens is 1. The zero-order chi connectivity index (χ0) is 22.5. The number of amides is 2. The highest BCUT2D eigenvalue weighted by Crippen LogP contribution is 2.18. The molecule has 2 amide bonds. The SMILES string of the molecule is NC(=O)C1CCN(CCc2ccc(NC(=O)c3ccn(-c4cccc(F)c4)n3)cc2)CC1. The number of anilines is 1. The average Bonchev–Trinajstić information content (AvgIpc) is 3.29. The number of benzene rings is 2. The molecule has 1 saturated heterocycles. The second-order valence-electron chi connectivity index (χ2n) is 8.04. The number of carbonyl (C=O) groups is 2. The van der Waals surface area contributed by atoms with Crippen LogP contribution in [0.3, 0.4) is 0 Å². The summed E-state index contributed by atoms with van der Waals surface area (Å²) in [5.74, 6) is -0.873. The Kier molecular flexibility index (Phi) is 6.61. The minimum absolute atomic E-state index is 0.00870. The molecule has 0 aliphatic carbocycles. The maximum atomic E-state index is 13.4. The number of carbonyl (C=O) groups excluding carboxylic acids is 2. The van der Waals surface area contributed by atoms with Gasteiger partial charge in [0, 0.05) is 24.3 Å². The highest BCUT2D eigenvalue weighted by molar-refractivity contribution is 6.02. The Morgan fingerprint density at radius 2 is 1.84 bits per heavy atom. The van der Waals surface area contributed by atoms with Gasteiger partial charge in [-0.1, -0.05) is 18.2 Å². The van der Waals surface area contributed by atoms with E-state index in [0.29, 0.717) is 11.4 Å². The molecule has 0 unspecified atom stereocenters. The molecule has 3 aromatic rings. The summed E-state index contributed by atoms with van der Waals surface area (Å²) in [6, 6.07) is 15.4. The number of hydrogen-bond donors (Lipinski definition) is 2. The zero-order valence-electron chi connectivity index (χ0n) is 17.7. The minimum atomic E-state index is -0.362. The molecule has 0 saturated carbocycles. The van der Waals surface area contributed by atoms with Crippen LogP contribution in [0, 0.1) is 11.7 Å². The fourth-order valence-electron chi connectivity index (χ4n) is 3.89. The molecular weight excluding hydrogens is 409 g/mol. The van der Waals surface area contributed by atoms with Crippen LogP contribution in [0.5, 0.6) is 0 Å². The van der Waals surface area contributed by atoms with Crippen molar-refractivity contribution < 1.29 is 14.0 Å². The van der Waals surface area contributed by atoms with E-state index >= 15 is 0 Å². The van der Waals surface area contributed by atoms with E-state index in [-0.39, 0.29) is 29.2 Å². The van der Waals surface area contributed by atoms with E-state index in [9.17, 15) is 14.0 Å².